The van der Waals surface area contributed by atoms with Crippen molar-refractivity contribution in [3.8, 4) is 11.4 Å². The predicted molar refractivity (Wildman–Crippen MR) is 119 cm³/mol. The molecule has 1 aromatic carbocycles. The Morgan fingerprint density at radius 2 is 1.91 bits per heavy atom. The molecule has 2 aromatic rings. The van der Waals surface area contributed by atoms with Gasteiger partial charge >= 0.3 is 5.97 Å². The average Bonchev–Trinajstić information content (AvgIpc) is 3.49. The number of aryl methyl sites for hydroxylation is 1. The molecule has 6 atom stereocenters. The van der Waals surface area contributed by atoms with Crippen LogP contribution in [0.1, 0.15) is 40.5 Å². The quantitative estimate of drug-likeness (QED) is 0.560. The summed E-state index contributed by atoms with van der Waals surface area (Å²) in [6.07, 6.45) is 0.108. The summed E-state index contributed by atoms with van der Waals surface area (Å²) in [5.41, 5.74) is 6.91. The van der Waals surface area contributed by atoms with Crippen LogP contribution < -0.4 is 5.73 Å². The molecule has 1 aromatic heterocycles. The van der Waals surface area contributed by atoms with E-state index in [0.29, 0.717) is 18.8 Å². The Bertz CT molecular complexity index is 936. The summed E-state index contributed by atoms with van der Waals surface area (Å²) in [5, 5.41) is 12.8. The molecule has 33 heavy (non-hydrogen) atoms. The van der Waals surface area contributed by atoms with Crippen LogP contribution in [0.2, 0.25) is 0 Å². The van der Waals surface area contributed by atoms with Crippen LogP contribution in [0, 0.1) is 5.92 Å². The Kier molecular flexibility index (Phi) is 7.08. The maximum absolute atomic E-state index is 12.3. The number of hydrogen-bond acceptors (Lipinski definition) is 9. The molecule has 2 aliphatic rings. The van der Waals surface area contributed by atoms with Crippen molar-refractivity contribution in [2.75, 3.05) is 6.61 Å². The molecule has 2 fully saturated rings. The minimum absolute atomic E-state index is 0.0449. The van der Waals surface area contributed by atoms with Crippen molar-refractivity contribution in [3.63, 3.8) is 0 Å². The summed E-state index contributed by atoms with van der Waals surface area (Å²) in [7, 11) is 0. The number of rotatable bonds is 9. The van der Waals surface area contributed by atoms with E-state index in [9.17, 15) is 4.79 Å². The zero-order valence-electron chi connectivity index (χ0n) is 19.6. The van der Waals surface area contributed by atoms with Gasteiger partial charge in [-0.25, -0.2) is 0 Å². The standard InChI is InChI=1S/C23H33N5O5/c1-5-14(2)18(24)22(29)30-13-17-20-19(32-23(3,4)33-20)16(31-17)11-12-28-26-21(25-27-28)15-9-7-6-8-10-15/h6-10,14,16-20H,5,11-13,24H2,1-4H3/t14-,16-,17+,18-,19-,20+/m0/s1. The fraction of sp³-hybridized carbons (Fsp3) is 0.652. The van der Waals surface area contributed by atoms with E-state index in [-0.39, 0.29) is 30.8 Å². The maximum Gasteiger partial charge on any atom is 0.323 e. The highest BCUT2D eigenvalue weighted by Gasteiger charge is 2.55. The number of esters is 1. The van der Waals surface area contributed by atoms with Gasteiger partial charge in [0.1, 0.15) is 31.0 Å². The second-order valence-electron chi connectivity index (χ2n) is 9.18. The van der Waals surface area contributed by atoms with Gasteiger partial charge in [0.25, 0.3) is 0 Å². The highest BCUT2D eigenvalue weighted by Crippen LogP contribution is 2.40. The normalized spacial score (nSPS) is 27.8. The van der Waals surface area contributed by atoms with Crippen molar-refractivity contribution < 1.29 is 23.7 Å². The maximum atomic E-state index is 12.3. The second-order valence-corrected chi connectivity index (χ2v) is 9.18. The molecule has 10 nitrogen and oxygen atoms in total. The SMILES string of the molecule is CC[C@H](C)[C@H](N)C(=O)OC[C@H]1O[C@@H](CCn2nnc(-c3ccccc3)n2)[C@@H]2OC(C)(C)O[C@@H]21. The Balaban J connectivity index is 1.36. The lowest BCUT2D eigenvalue weighted by atomic mass is 10.0. The number of nitrogens with two attached hydrogens (primary N) is 1. The van der Waals surface area contributed by atoms with Gasteiger partial charge in [-0.1, -0.05) is 50.6 Å². The van der Waals surface area contributed by atoms with E-state index in [0.717, 1.165) is 12.0 Å². The highest BCUT2D eigenvalue weighted by atomic mass is 16.8. The number of fused-ring (bicyclic) bond motifs is 1. The summed E-state index contributed by atoms with van der Waals surface area (Å²) in [6.45, 7) is 8.24. The van der Waals surface area contributed by atoms with Gasteiger partial charge in [0, 0.05) is 5.56 Å². The van der Waals surface area contributed by atoms with E-state index in [1.54, 1.807) is 4.80 Å². The highest BCUT2D eigenvalue weighted by molar-refractivity contribution is 5.75. The number of hydrogen-bond donors (Lipinski definition) is 1. The van der Waals surface area contributed by atoms with Crippen LogP contribution in [0.25, 0.3) is 11.4 Å². The van der Waals surface area contributed by atoms with Gasteiger partial charge in [0.05, 0.1) is 12.6 Å². The van der Waals surface area contributed by atoms with Crippen LogP contribution >= 0.6 is 0 Å². The van der Waals surface area contributed by atoms with Crippen LogP contribution in [-0.4, -0.2) is 69.0 Å². The molecule has 0 unspecified atom stereocenters. The minimum atomic E-state index is -0.737. The predicted octanol–water partition coefficient (Wildman–Crippen LogP) is 1.93. The average molecular weight is 460 g/mol. The first kappa shape index (κ1) is 23.7. The first-order valence-electron chi connectivity index (χ1n) is 11.5. The lowest BCUT2D eigenvalue weighted by Gasteiger charge is -2.24. The fourth-order valence-corrected chi connectivity index (χ4v) is 4.17. The molecule has 0 saturated carbocycles. The largest absolute Gasteiger partial charge is 0.462 e. The Morgan fingerprint density at radius 1 is 1.21 bits per heavy atom. The second kappa shape index (κ2) is 9.84. The monoisotopic (exact) mass is 459 g/mol. The van der Waals surface area contributed by atoms with Crippen molar-refractivity contribution in [2.45, 2.75) is 83.3 Å². The lowest BCUT2D eigenvalue weighted by molar-refractivity contribution is -0.194. The number of carbonyl (C=O) groups is 1. The van der Waals surface area contributed by atoms with E-state index in [2.05, 4.69) is 15.4 Å². The van der Waals surface area contributed by atoms with Gasteiger partial charge in [-0.2, -0.15) is 4.80 Å². The molecule has 4 rings (SSSR count). The van der Waals surface area contributed by atoms with Crippen LogP contribution in [0.5, 0.6) is 0 Å². The van der Waals surface area contributed by atoms with Crippen molar-refractivity contribution >= 4 is 5.97 Å². The van der Waals surface area contributed by atoms with Crippen LogP contribution in [0.15, 0.2) is 30.3 Å². The molecular weight excluding hydrogens is 426 g/mol. The van der Waals surface area contributed by atoms with Gasteiger partial charge in [-0.15, -0.1) is 10.2 Å². The van der Waals surface area contributed by atoms with Gasteiger partial charge in [-0.05, 0) is 31.4 Å². The van der Waals surface area contributed by atoms with Crippen molar-refractivity contribution in [1.29, 1.82) is 0 Å². The van der Waals surface area contributed by atoms with E-state index >= 15 is 0 Å². The molecule has 180 valence electrons. The third-order valence-corrected chi connectivity index (χ3v) is 6.26. The Labute approximate surface area is 193 Å². The smallest absolute Gasteiger partial charge is 0.323 e. The summed E-state index contributed by atoms with van der Waals surface area (Å²) in [5.74, 6) is -0.543. The van der Waals surface area contributed by atoms with E-state index < -0.39 is 23.9 Å². The summed E-state index contributed by atoms with van der Waals surface area (Å²) < 4.78 is 23.9. The molecule has 10 heteroatoms. The van der Waals surface area contributed by atoms with Crippen LogP contribution in [0.3, 0.4) is 0 Å². The van der Waals surface area contributed by atoms with Crippen LogP contribution in [0.4, 0.5) is 0 Å². The molecule has 0 bridgehead atoms. The zero-order valence-corrected chi connectivity index (χ0v) is 19.6. The molecule has 2 aliphatic heterocycles. The van der Waals surface area contributed by atoms with Gasteiger partial charge in [0.2, 0.25) is 5.82 Å². The number of benzene rings is 1. The minimum Gasteiger partial charge on any atom is -0.462 e. The topological polar surface area (TPSA) is 124 Å². The Hall–Kier alpha value is -2.40. The van der Waals surface area contributed by atoms with E-state index in [1.165, 1.54) is 0 Å². The molecule has 2 N–H and O–H groups in total. The van der Waals surface area contributed by atoms with Gasteiger partial charge in [0.15, 0.2) is 5.79 Å². The number of ether oxygens (including phenoxy) is 4. The van der Waals surface area contributed by atoms with E-state index in [1.807, 2.05) is 58.0 Å². The number of tetrazole rings is 1. The molecule has 2 saturated heterocycles. The number of aromatic nitrogens is 4. The summed E-state index contributed by atoms with van der Waals surface area (Å²) in [4.78, 5) is 13.9. The molecule has 0 spiro atoms. The fourth-order valence-electron chi connectivity index (χ4n) is 4.17. The molecule has 3 heterocycles. The first-order valence-corrected chi connectivity index (χ1v) is 11.5. The van der Waals surface area contributed by atoms with E-state index in [4.69, 9.17) is 24.7 Å². The number of nitrogens with zero attached hydrogens (tertiary/aromatic N) is 4. The molecular formula is C23H33N5O5. The summed E-state index contributed by atoms with van der Waals surface area (Å²) >= 11 is 0. The third-order valence-electron chi connectivity index (χ3n) is 6.26. The third kappa shape index (κ3) is 5.40. The first-order chi connectivity index (χ1) is 15.8. The lowest BCUT2D eigenvalue weighted by Crippen LogP contribution is -2.40. The van der Waals surface area contributed by atoms with Gasteiger partial charge in [-0.3, -0.25) is 4.79 Å². The van der Waals surface area contributed by atoms with Gasteiger partial charge < -0.3 is 24.7 Å². The molecule has 0 radical (unpaired) electrons. The summed E-state index contributed by atoms with van der Waals surface area (Å²) in [6, 6.07) is 9.04. The van der Waals surface area contributed by atoms with Crippen LogP contribution in [-0.2, 0) is 30.3 Å². The Morgan fingerprint density at radius 3 is 2.61 bits per heavy atom. The zero-order chi connectivity index (χ0) is 23.6. The van der Waals surface area contributed by atoms with Crippen molar-refractivity contribution in [1.82, 2.24) is 20.2 Å². The number of carbonyl (C=O) groups excluding carboxylic acids is 1. The van der Waals surface area contributed by atoms with Crippen molar-refractivity contribution in [3.05, 3.63) is 30.3 Å². The van der Waals surface area contributed by atoms with Crippen molar-refractivity contribution in [2.24, 2.45) is 11.7 Å². The molecule has 0 amide bonds. The molecule has 0 aliphatic carbocycles.